The molecule has 3 N–H and O–H groups in total. The number of carbonyl (C=O) groups is 2. The summed E-state index contributed by atoms with van der Waals surface area (Å²) in [4.78, 5) is 30.5. The molecule has 1 aromatic rings. The average molecular weight is 545 g/mol. The molecule has 8 nitrogen and oxygen atoms in total. The zero-order chi connectivity index (χ0) is 21.6. The number of carbonyl (C=O) groups excluding carboxylic acids is 2. The monoisotopic (exact) mass is 545 g/mol. The van der Waals surface area contributed by atoms with Gasteiger partial charge in [0, 0.05) is 39.1 Å². The number of hydrogen-bond acceptors (Lipinski definition) is 4. The second-order valence-corrected chi connectivity index (χ2v) is 7.29. The molecule has 9 heteroatoms. The number of amides is 2. The molecule has 1 saturated heterocycles. The molecular formula is C22H36IN5O3. The van der Waals surface area contributed by atoms with Crippen LogP contribution in [0.2, 0.25) is 0 Å². The molecule has 1 aromatic carbocycles. The van der Waals surface area contributed by atoms with Crippen LogP contribution in [0.25, 0.3) is 0 Å². The van der Waals surface area contributed by atoms with Crippen LogP contribution < -0.4 is 20.7 Å². The highest BCUT2D eigenvalue weighted by atomic mass is 127. The van der Waals surface area contributed by atoms with E-state index in [4.69, 9.17) is 4.74 Å². The van der Waals surface area contributed by atoms with Gasteiger partial charge in [0.15, 0.2) is 5.96 Å². The molecule has 0 atom stereocenters. The molecule has 0 unspecified atom stereocenters. The molecule has 1 heterocycles. The van der Waals surface area contributed by atoms with Gasteiger partial charge in [0.1, 0.15) is 12.3 Å². The second-order valence-electron chi connectivity index (χ2n) is 7.29. The third-order valence-electron chi connectivity index (χ3n) is 4.94. The van der Waals surface area contributed by atoms with Gasteiger partial charge in [-0.15, -0.1) is 24.0 Å². The number of methoxy groups -OCH3 is 1. The fourth-order valence-corrected chi connectivity index (χ4v) is 3.24. The van der Waals surface area contributed by atoms with E-state index >= 15 is 0 Å². The Bertz CT molecular complexity index is 697. The fraction of sp³-hybridized carbons (Fsp3) is 0.591. The van der Waals surface area contributed by atoms with Crippen molar-refractivity contribution in [2.24, 2.45) is 4.99 Å². The van der Waals surface area contributed by atoms with Gasteiger partial charge in [-0.25, -0.2) is 4.99 Å². The second kappa shape index (κ2) is 15.7. The van der Waals surface area contributed by atoms with Gasteiger partial charge < -0.3 is 25.6 Å². The summed E-state index contributed by atoms with van der Waals surface area (Å²) in [6, 6.07) is 7.57. The third-order valence-corrected chi connectivity index (χ3v) is 4.94. The van der Waals surface area contributed by atoms with Crippen molar-refractivity contribution >= 4 is 41.8 Å². The Morgan fingerprint density at radius 3 is 2.61 bits per heavy atom. The lowest BCUT2D eigenvalue weighted by Gasteiger charge is -2.20. The molecular weight excluding hydrogens is 509 g/mol. The zero-order valence-corrected chi connectivity index (χ0v) is 20.9. The van der Waals surface area contributed by atoms with Crippen LogP contribution in [0, 0.1) is 0 Å². The topological polar surface area (TPSA) is 95.1 Å². The zero-order valence-electron chi connectivity index (χ0n) is 18.6. The minimum atomic E-state index is -0.141. The van der Waals surface area contributed by atoms with Crippen LogP contribution in [0.5, 0.6) is 5.75 Å². The maximum absolute atomic E-state index is 12.1. The SMILES string of the molecule is CCNC(=NCC(=O)NCc1ccc(OC)cc1)NCCCN1CCCCCC1=O.I. The Kier molecular flexibility index (Phi) is 13.7. The lowest BCUT2D eigenvalue weighted by atomic mass is 10.2. The van der Waals surface area contributed by atoms with Crippen molar-refractivity contribution in [3.63, 3.8) is 0 Å². The number of benzene rings is 1. The molecule has 2 amide bonds. The van der Waals surface area contributed by atoms with Crippen molar-refractivity contribution < 1.29 is 14.3 Å². The summed E-state index contributed by atoms with van der Waals surface area (Å²) in [5.41, 5.74) is 1.00. The number of hydrogen-bond donors (Lipinski definition) is 3. The highest BCUT2D eigenvalue weighted by molar-refractivity contribution is 14.0. The molecule has 1 aliphatic rings. The number of nitrogens with one attached hydrogen (secondary N) is 3. The Balaban J connectivity index is 0.00000480. The van der Waals surface area contributed by atoms with Gasteiger partial charge in [-0.3, -0.25) is 9.59 Å². The number of ether oxygens (including phenoxy) is 1. The van der Waals surface area contributed by atoms with E-state index in [2.05, 4.69) is 20.9 Å². The Morgan fingerprint density at radius 1 is 1.13 bits per heavy atom. The quantitative estimate of drug-likeness (QED) is 0.182. The van der Waals surface area contributed by atoms with E-state index in [-0.39, 0.29) is 42.3 Å². The standard InChI is InChI=1S/C22H35N5O3.HI/c1-3-23-22(24-13-7-15-27-14-6-4-5-8-21(27)29)26-17-20(28)25-16-18-9-11-19(30-2)12-10-18;/h9-12H,3-8,13-17H2,1-2H3,(H,25,28)(H2,23,24,26);1H. The lowest BCUT2D eigenvalue weighted by Crippen LogP contribution is -2.40. The minimum absolute atomic E-state index is 0. The van der Waals surface area contributed by atoms with Crippen LogP contribution in [-0.2, 0) is 16.1 Å². The number of nitrogens with zero attached hydrogens (tertiary/aromatic N) is 2. The molecule has 174 valence electrons. The van der Waals surface area contributed by atoms with E-state index in [1.807, 2.05) is 36.1 Å². The molecule has 0 saturated carbocycles. The summed E-state index contributed by atoms with van der Waals surface area (Å²) >= 11 is 0. The smallest absolute Gasteiger partial charge is 0.242 e. The van der Waals surface area contributed by atoms with Crippen molar-refractivity contribution in [3.8, 4) is 5.75 Å². The molecule has 1 aliphatic heterocycles. The molecule has 0 radical (unpaired) electrons. The molecule has 1 fully saturated rings. The summed E-state index contributed by atoms with van der Waals surface area (Å²) in [5, 5.41) is 9.25. The van der Waals surface area contributed by atoms with Crippen molar-refractivity contribution in [2.45, 2.75) is 45.6 Å². The number of rotatable bonds is 10. The Labute approximate surface area is 202 Å². The maximum atomic E-state index is 12.1. The van der Waals surface area contributed by atoms with Gasteiger partial charge >= 0.3 is 0 Å². The van der Waals surface area contributed by atoms with E-state index in [0.717, 1.165) is 50.1 Å². The molecule has 0 aliphatic carbocycles. The maximum Gasteiger partial charge on any atom is 0.242 e. The van der Waals surface area contributed by atoms with Gasteiger partial charge in [-0.2, -0.15) is 0 Å². The Morgan fingerprint density at radius 2 is 1.90 bits per heavy atom. The van der Waals surface area contributed by atoms with Crippen LogP contribution in [0.3, 0.4) is 0 Å². The van der Waals surface area contributed by atoms with E-state index in [9.17, 15) is 9.59 Å². The van der Waals surface area contributed by atoms with Crippen molar-refractivity contribution in [2.75, 3.05) is 39.8 Å². The molecule has 0 aromatic heterocycles. The predicted octanol–water partition coefficient (Wildman–Crippen LogP) is 2.28. The number of guanidine groups is 1. The van der Waals surface area contributed by atoms with Crippen LogP contribution in [-0.4, -0.2) is 62.5 Å². The molecule has 2 rings (SSSR count). The first kappa shape index (κ1) is 27.0. The molecule has 31 heavy (non-hydrogen) atoms. The minimum Gasteiger partial charge on any atom is -0.497 e. The lowest BCUT2D eigenvalue weighted by molar-refractivity contribution is -0.130. The largest absolute Gasteiger partial charge is 0.497 e. The highest BCUT2D eigenvalue weighted by Gasteiger charge is 2.15. The van der Waals surface area contributed by atoms with Gasteiger partial charge in [-0.1, -0.05) is 18.6 Å². The summed E-state index contributed by atoms with van der Waals surface area (Å²) in [6.07, 6.45) is 4.75. The third kappa shape index (κ3) is 10.7. The first-order valence-corrected chi connectivity index (χ1v) is 10.8. The van der Waals surface area contributed by atoms with Crippen LogP contribution in [0.4, 0.5) is 0 Å². The first-order valence-electron chi connectivity index (χ1n) is 10.8. The van der Waals surface area contributed by atoms with Gasteiger partial charge in [-0.05, 0) is 43.9 Å². The Hall–Kier alpha value is -2.04. The van der Waals surface area contributed by atoms with Crippen LogP contribution in [0.15, 0.2) is 29.3 Å². The number of likely N-dealkylation sites (tertiary alicyclic amines) is 1. The van der Waals surface area contributed by atoms with E-state index < -0.39 is 0 Å². The van der Waals surface area contributed by atoms with Crippen LogP contribution >= 0.6 is 24.0 Å². The number of aliphatic imine (C=N–C) groups is 1. The van der Waals surface area contributed by atoms with E-state index in [1.165, 1.54) is 0 Å². The van der Waals surface area contributed by atoms with E-state index in [1.54, 1.807) is 7.11 Å². The van der Waals surface area contributed by atoms with Crippen molar-refractivity contribution in [1.29, 1.82) is 0 Å². The normalized spacial score (nSPS) is 14.3. The van der Waals surface area contributed by atoms with Gasteiger partial charge in [0.05, 0.1) is 7.11 Å². The van der Waals surface area contributed by atoms with E-state index in [0.29, 0.717) is 32.0 Å². The van der Waals surface area contributed by atoms with Gasteiger partial charge in [0.25, 0.3) is 0 Å². The summed E-state index contributed by atoms with van der Waals surface area (Å²) in [6.45, 7) is 5.51. The highest BCUT2D eigenvalue weighted by Crippen LogP contribution is 2.11. The first-order chi connectivity index (χ1) is 14.6. The predicted molar refractivity (Wildman–Crippen MR) is 134 cm³/mol. The summed E-state index contributed by atoms with van der Waals surface area (Å²) in [5.74, 6) is 1.52. The molecule has 0 bridgehead atoms. The molecule has 0 spiro atoms. The van der Waals surface area contributed by atoms with Gasteiger partial charge in [0.2, 0.25) is 11.8 Å². The van der Waals surface area contributed by atoms with Crippen molar-refractivity contribution in [3.05, 3.63) is 29.8 Å². The number of halogens is 1. The summed E-state index contributed by atoms with van der Waals surface area (Å²) < 4.78 is 5.13. The average Bonchev–Trinajstić information content (AvgIpc) is 2.97. The summed E-state index contributed by atoms with van der Waals surface area (Å²) in [7, 11) is 1.62. The fourth-order valence-electron chi connectivity index (χ4n) is 3.24. The van der Waals surface area contributed by atoms with Crippen molar-refractivity contribution in [1.82, 2.24) is 20.9 Å². The van der Waals surface area contributed by atoms with Crippen LogP contribution in [0.1, 0.15) is 44.6 Å².